The molecule has 28 heavy (non-hydrogen) atoms. The van der Waals surface area contributed by atoms with E-state index in [2.05, 4.69) is 0 Å². The first-order valence-electron chi connectivity index (χ1n) is 9.16. The number of fused-ring (bicyclic) bond motifs is 1. The van der Waals surface area contributed by atoms with Crippen LogP contribution in [0.3, 0.4) is 0 Å². The second-order valence-corrected chi connectivity index (χ2v) is 7.18. The summed E-state index contributed by atoms with van der Waals surface area (Å²) in [5, 5.41) is 11.1. The van der Waals surface area contributed by atoms with Gasteiger partial charge in [0.1, 0.15) is 5.75 Å². The van der Waals surface area contributed by atoms with E-state index in [0.29, 0.717) is 39.4 Å². The van der Waals surface area contributed by atoms with Gasteiger partial charge in [-0.2, -0.15) is 0 Å². The molecule has 1 N–H and O–H groups in total. The molecule has 0 fully saturated rings. The summed E-state index contributed by atoms with van der Waals surface area (Å²) in [7, 11) is 0. The third-order valence-corrected chi connectivity index (χ3v) is 4.98. The fourth-order valence-electron chi connectivity index (χ4n) is 3.44. The maximum Gasteiger partial charge on any atom is 0.313 e. The number of phenolic OH excluding ortho intramolecular Hbond substituents is 1. The standard InChI is InChI=1S/C22H22ClNO4/c1-4-10-28-22(27)13(2)20-14(3)24(19-9-8-17(25)12-18(19)20)21(26)15-6-5-7-16(23)11-15/h5-9,11-13,25H,4,10H2,1-3H3/t13-/m0/s1. The Bertz CT molecular complexity index is 1050. The summed E-state index contributed by atoms with van der Waals surface area (Å²) in [6.07, 6.45) is 0.729. The maximum absolute atomic E-state index is 13.2. The minimum Gasteiger partial charge on any atom is -0.508 e. The lowest BCUT2D eigenvalue weighted by Crippen LogP contribution is -2.17. The molecule has 0 saturated carbocycles. The minimum atomic E-state index is -0.579. The Balaban J connectivity index is 2.18. The highest BCUT2D eigenvalue weighted by molar-refractivity contribution is 6.31. The number of aromatic hydroxyl groups is 1. The molecule has 6 heteroatoms. The van der Waals surface area contributed by atoms with E-state index in [0.717, 1.165) is 6.42 Å². The highest BCUT2D eigenvalue weighted by atomic mass is 35.5. The van der Waals surface area contributed by atoms with E-state index in [1.807, 2.05) is 6.92 Å². The van der Waals surface area contributed by atoms with Crippen molar-refractivity contribution in [3.8, 4) is 5.75 Å². The van der Waals surface area contributed by atoms with Crippen molar-refractivity contribution in [1.82, 2.24) is 4.57 Å². The number of carbonyl (C=O) groups excluding carboxylic acids is 2. The lowest BCUT2D eigenvalue weighted by molar-refractivity contribution is -0.145. The van der Waals surface area contributed by atoms with Crippen molar-refractivity contribution in [2.45, 2.75) is 33.1 Å². The lowest BCUT2D eigenvalue weighted by atomic mass is 9.98. The van der Waals surface area contributed by atoms with Gasteiger partial charge in [-0.1, -0.05) is 24.6 Å². The van der Waals surface area contributed by atoms with Gasteiger partial charge in [0.25, 0.3) is 5.91 Å². The van der Waals surface area contributed by atoms with Crippen molar-refractivity contribution in [2.75, 3.05) is 6.61 Å². The predicted molar refractivity (Wildman–Crippen MR) is 109 cm³/mol. The molecule has 0 unspecified atom stereocenters. The molecule has 0 aliphatic rings. The van der Waals surface area contributed by atoms with E-state index >= 15 is 0 Å². The second-order valence-electron chi connectivity index (χ2n) is 6.74. The molecule has 0 aliphatic heterocycles. The fraction of sp³-hybridized carbons (Fsp3) is 0.273. The van der Waals surface area contributed by atoms with Gasteiger partial charge in [0, 0.05) is 21.7 Å². The summed E-state index contributed by atoms with van der Waals surface area (Å²) >= 11 is 6.05. The number of benzene rings is 2. The van der Waals surface area contributed by atoms with Crippen molar-refractivity contribution < 1.29 is 19.4 Å². The predicted octanol–water partition coefficient (Wildman–Crippen LogP) is 5.05. The molecule has 2 aromatic carbocycles. The Morgan fingerprint density at radius 3 is 2.64 bits per heavy atom. The summed E-state index contributed by atoms with van der Waals surface area (Å²) in [4.78, 5) is 25.7. The van der Waals surface area contributed by atoms with Crippen LogP contribution in [0.15, 0.2) is 42.5 Å². The van der Waals surface area contributed by atoms with Crippen LogP contribution in [0, 0.1) is 6.92 Å². The van der Waals surface area contributed by atoms with Crippen LogP contribution >= 0.6 is 11.6 Å². The first kappa shape index (κ1) is 20.0. The van der Waals surface area contributed by atoms with Crippen molar-refractivity contribution in [1.29, 1.82) is 0 Å². The molecule has 0 aliphatic carbocycles. The molecule has 1 heterocycles. The SMILES string of the molecule is CCCOC(=O)[C@@H](C)c1c(C)n(C(=O)c2cccc(Cl)c2)c2ccc(O)cc12. The smallest absolute Gasteiger partial charge is 0.313 e. The molecule has 3 rings (SSSR count). The Labute approximate surface area is 168 Å². The number of aromatic nitrogens is 1. The molecule has 0 radical (unpaired) electrons. The fourth-order valence-corrected chi connectivity index (χ4v) is 3.63. The number of carbonyl (C=O) groups is 2. The van der Waals surface area contributed by atoms with E-state index in [1.54, 1.807) is 54.8 Å². The number of rotatable bonds is 5. The summed E-state index contributed by atoms with van der Waals surface area (Å²) < 4.78 is 6.85. The number of ether oxygens (including phenoxy) is 1. The van der Waals surface area contributed by atoms with Gasteiger partial charge < -0.3 is 9.84 Å². The van der Waals surface area contributed by atoms with Crippen LogP contribution in [-0.2, 0) is 9.53 Å². The quantitative estimate of drug-likeness (QED) is 0.609. The minimum absolute atomic E-state index is 0.0650. The summed E-state index contributed by atoms with van der Waals surface area (Å²) in [5.74, 6) is -1.13. The molecular weight excluding hydrogens is 378 g/mol. The normalized spacial score (nSPS) is 12.1. The van der Waals surface area contributed by atoms with Gasteiger partial charge in [0.2, 0.25) is 0 Å². The summed E-state index contributed by atoms with van der Waals surface area (Å²) in [5.41, 5.74) is 2.35. The van der Waals surface area contributed by atoms with Gasteiger partial charge in [-0.25, -0.2) is 0 Å². The molecule has 1 aromatic heterocycles. The molecular formula is C22H22ClNO4. The van der Waals surface area contributed by atoms with Crippen LogP contribution in [0.5, 0.6) is 5.75 Å². The van der Waals surface area contributed by atoms with Crippen LogP contribution in [0.1, 0.15) is 47.8 Å². The number of esters is 1. The number of hydrogen-bond acceptors (Lipinski definition) is 4. The molecule has 1 atom stereocenters. The average molecular weight is 400 g/mol. The third-order valence-electron chi connectivity index (χ3n) is 4.75. The van der Waals surface area contributed by atoms with Crippen LogP contribution in [0.4, 0.5) is 0 Å². The molecule has 5 nitrogen and oxygen atoms in total. The highest BCUT2D eigenvalue weighted by Gasteiger charge is 2.27. The topological polar surface area (TPSA) is 68.5 Å². The zero-order valence-electron chi connectivity index (χ0n) is 16.0. The molecule has 0 amide bonds. The van der Waals surface area contributed by atoms with E-state index in [9.17, 15) is 14.7 Å². The second kappa shape index (κ2) is 8.07. The number of hydrogen-bond donors (Lipinski definition) is 1. The van der Waals surface area contributed by atoms with Crippen LogP contribution < -0.4 is 0 Å². The number of halogens is 1. The van der Waals surface area contributed by atoms with E-state index in [-0.39, 0.29) is 17.6 Å². The van der Waals surface area contributed by atoms with E-state index in [1.165, 1.54) is 6.07 Å². The highest BCUT2D eigenvalue weighted by Crippen LogP contribution is 2.35. The van der Waals surface area contributed by atoms with Gasteiger partial charge >= 0.3 is 5.97 Å². The van der Waals surface area contributed by atoms with Gasteiger partial charge in [-0.15, -0.1) is 0 Å². The van der Waals surface area contributed by atoms with E-state index < -0.39 is 5.92 Å². The van der Waals surface area contributed by atoms with Crippen LogP contribution in [-0.4, -0.2) is 28.2 Å². The summed E-state index contributed by atoms with van der Waals surface area (Å²) in [6.45, 7) is 5.81. The van der Waals surface area contributed by atoms with Crippen molar-refractivity contribution >= 4 is 34.4 Å². The molecule has 0 saturated heterocycles. The van der Waals surface area contributed by atoms with Crippen molar-refractivity contribution in [3.63, 3.8) is 0 Å². The van der Waals surface area contributed by atoms with E-state index in [4.69, 9.17) is 16.3 Å². The Kier molecular flexibility index (Phi) is 5.75. The number of phenols is 1. The van der Waals surface area contributed by atoms with Gasteiger partial charge in [0.15, 0.2) is 0 Å². The molecule has 0 bridgehead atoms. The maximum atomic E-state index is 13.2. The zero-order valence-corrected chi connectivity index (χ0v) is 16.8. The van der Waals surface area contributed by atoms with Gasteiger partial charge in [-0.05, 0) is 62.2 Å². The monoisotopic (exact) mass is 399 g/mol. The van der Waals surface area contributed by atoms with Crippen molar-refractivity contribution in [2.24, 2.45) is 0 Å². The van der Waals surface area contributed by atoms with Gasteiger partial charge in [-0.3, -0.25) is 14.2 Å². The Morgan fingerprint density at radius 1 is 1.21 bits per heavy atom. The molecule has 0 spiro atoms. The largest absolute Gasteiger partial charge is 0.508 e. The molecule has 3 aromatic rings. The number of nitrogens with zero attached hydrogens (tertiary/aromatic N) is 1. The third kappa shape index (κ3) is 3.62. The first-order chi connectivity index (χ1) is 13.3. The lowest BCUT2D eigenvalue weighted by Gasteiger charge is -2.13. The van der Waals surface area contributed by atoms with Crippen LogP contribution in [0.25, 0.3) is 10.9 Å². The Hall–Kier alpha value is -2.79. The zero-order chi connectivity index (χ0) is 20.4. The molecule has 146 valence electrons. The van der Waals surface area contributed by atoms with Crippen LogP contribution in [0.2, 0.25) is 5.02 Å². The van der Waals surface area contributed by atoms with Gasteiger partial charge in [0.05, 0.1) is 18.0 Å². The average Bonchev–Trinajstić information content (AvgIpc) is 2.95. The van der Waals surface area contributed by atoms with Crippen molar-refractivity contribution in [3.05, 3.63) is 64.3 Å². The summed E-state index contributed by atoms with van der Waals surface area (Å²) in [6, 6.07) is 11.5. The first-order valence-corrected chi connectivity index (χ1v) is 9.53. The Morgan fingerprint density at radius 2 is 1.96 bits per heavy atom.